The van der Waals surface area contributed by atoms with Crippen LogP contribution >= 0.6 is 0 Å². The average molecular weight is 234 g/mol. The van der Waals surface area contributed by atoms with Crippen LogP contribution in [-0.2, 0) is 14.3 Å². The zero-order valence-electron chi connectivity index (χ0n) is 9.80. The zero-order chi connectivity index (χ0) is 12.8. The molecule has 0 aliphatic carbocycles. The number of esters is 2. The Bertz CT molecular complexity index is 437. The number of carbonyl (C=O) groups is 2. The maximum atomic E-state index is 11.1. The quantitative estimate of drug-likeness (QED) is 0.456. The summed E-state index contributed by atoms with van der Waals surface area (Å²) in [6, 6.07) is 6.90. The van der Waals surface area contributed by atoms with E-state index in [4.69, 9.17) is 9.47 Å². The number of para-hydroxylation sites is 1. The van der Waals surface area contributed by atoms with Gasteiger partial charge < -0.3 is 9.47 Å². The molecule has 0 fully saturated rings. The minimum absolute atomic E-state index is 0.393. The van der Waals surface area contributed by atoms with Crippen LogP contribution in [0.5, 0.6) is 5.75 Å². The van der Waals surface area contributed by atoms with Gasteiger partial charge in [0.05, 0.1) is 0 Å². The Morgan fingerprint density at radius 2 is 2.00 bits per heavy atom. The van der Waals surface area contributed by atoms with E-state index in [0.29, 0.717) is 11.3 Å². The van der Waals surface area contributed by atoms with Crippen molar-refractivity contribution >= 4 is 11.9 Å². The SMILES string of the molecule is C=CC(=O)OC(C)c1ccccc1OC(C)=O. The van der Waals surface area contributed by atoms with Crippen molar-refractivity contribution in [2.75, 3.05) is 0 Å². The maximum Gasteiger partial charge on any atom is 0.330 e. The third-order valence-electron chi connectivity index (χ3n) is 2.07. The van der Waals surface area contributed by atoms with Crippen molar-refractivity contribution in [1.29, 1.82) is 0 Å². The van der Waals surface area contributed by atoms with Gasteiger partial charge in [-0.15, -0.1) is 0 Å². The van der Waals surface area contributed by atoms with Crippen LogP contribution < -0.4 is 4.74 Å². The van der Waals surface area contributed by atoms with Crippen molar-refractivity contribution in [2.45, 2.75) is 20.0 Å². The molecule has 0 spiro atoms. The van der Waals surface area contributed by atoms with Crippen molar-refractivity contribution < 1.29 is 19.1 Å². The molecular weight excluding hydrogens is 220 g/mol. The number of hydrogen-bond donors (Lipinski definition) is 0. The molecule has 0 amide bonds. The van der Waals surface area contributed by atoms with Crippen LogP contribution in [0.15, 0.2) is 36.9 Å². The summed E-state index contributed by atoms with van der Waals surface area (Å²) in [7, 11) is 0. The molecule has 0 N–H and O–H groups in total. The first kappa shape index (κ1) is 13.0. The highest BCUT2D eigenvalue weighted by atomic mass is 16.6. The van der Waals surface area contributed by atoms with E-state index < -0.39 is 18.0 Å². The molecule has 4 heteroatoms. The number of rotatable bonds is 4. The van der Waals surface area contributed by atoms with Gasteiger partial charge >= 0.3 is 11.9 Å². The maximum absolute atomic E-state index is 11.1. The van der Waals surface area contributed by atoms with Gasteiger partial charge in [-0.3, -0.25) is 4.79 Å². The predicted octanol–water partition coefficient (Wildman–Crippen LogP) is 2.40. The molecule has 0 aromatic heterocycles. The summed E-state index contributed by atoms with van der Waals surface area (Å²) in [5.41, 5.74) is 0.637. The molecule has 0 saturated carbocycles. The lowest BCUT2D eigenvalue weighted by atomic mass is 10.1. The highest BCUT2D eigenvalue weighted by Gasteiger charge is 2.15. The molecule has 0 heterocycles. The van der Waals surface area contributed by atoms with Crippen molar-refractivity contribution in [1.82, 2.24) is 0 Å². The molecule has 0 radical (unpaired) electrons. The lowest BCUT2D eigenvalue weighted by Crippen LogP contribution is -2.09. The normalized spacial score (nSPS) is 11.4. The van der Waals surface area contributed by atoms with Gasteiger partial charge in [-0.05, 0) is 13.0 Å². The molecule has 0 bridgehead atoms. The molecule has 4 nitrogen and oxygen atoms in total. The van der Waals surface area contributed by atoms with Crippen LogP contribution in [0.4, 0.5) is 0 Å². The fourth-order valence-corrected chi connectivity index (χ4v) is 1.35. The van der Waals surface area contributed by atoms with Crippen LogP contribution in [-0.4, -0.2) is 11.9 Å². The number of ether oxygens (including phenoxy) is 2. The largest absolute Gasteiger partial charge is 0.454 e. The fourth-order valence-electron chi connectivity index (χ4n) is 1.35. The predicted molar refractivity (Wildman–Crippen MR) is 62.5 cm³/mol. The molecule has 17 heavy (non-hydrogen) atoms. The summed E-state index contributed by atoms with van der Waals surface area (Å²) in [6.07, 6.45) is 0.585. The summed E-state index contributed by atoms with van der Waals surface area (Å²) in [4.78, 5) is 22.0. The van der Waals surface area contributed by atoms with E-state index in [0.717, 1.165) is 6.08 Å². The van der Waals surface area contributed by atoms with E-state index in [9.17, 15) is 9.59 Å². The third kappa shape index (κ3) is 3.75. The van der Waals surface area contributed by atoms with E-state index in [1.165, 1.54) is 6.92 Å². The molecule has 1 rings (SSSR count). The molecule has 0 aliphatic rings. The molecule has 1 aromatic carbocycles. The molecule has 90 valence electrons. The highest BCUT2D eigenvalue weighted by molar-refractivity contribution is 5.81. The van der Waals surface area contributed by atoms with Crippen LogP contribution in [0.2, 0.25) is 0 Å². The lowest BCUT2D eigenvalue weighted by Gasteiger charge is -2.15. The first-order chi connectivity index (χ1) is 8.04. The minimum atomic E-state index is -0.518. The number of hydrogen-bond acceptors (Lipinski definition) is 4. The number of benzene rings is 1. The Morgan fingerprint density at radius 3 is 2.59 bits per heavy atom. The summed E-state index contributed by atoms with van der Waals surface area (Å²) in [6.45, 7) is 6.33. The Balaban J connectivity index is 2.91. The van der Waals surface area contributed by atoms with Crippen molar-refractivity contribution in [3.8, 4) is 5.75 Å². The lowest BCUT2D eigenvalue weighted by molar-refractivity contribution is -0.142. The summed E-state index contributed by atoms with van der Waals surface area (Å²) < 4.78 is 10.1. The average Bonchev–Trinajstić information content (AvgIpc) is 2.28. The van der Waals surface area contributed by atoms with Crippen molar-refractivity contribution in [3.63, 3.8) is 0 Å². The van der Waals surface area contributed by atoms with Crippen LogP contribution in [0, 0.1) is 0 Å². The second kappa shape index (κ2) is 5.84. The monoisotopic (exact) mass is 234 g/mol. The Morgan fingerprint density at radius 1 is 1.35 bits per heavy atom. The van der Waals surface area contributed by atoms with E-state index in [-0.39, 0.29) is 0 Å². The van der Waals surface area contributed by atoms with E-state index in [2.05, 4.69) is 6.58 Å². The highest BCUT2D eigenvalue weighted by Crippen LogP contribution is 2.27. The first-order valence-electron chi connectivity index (χ1n) is 5.15. The second-order valence-electron chi connectivity index (χ2n) is 3.41. The van der Waals surface area contributed by atoms with Crippen molar-refractivity contribution in [3.05, 3.63) is 42.5 Å². The molecule has 0 saturated heterocycles. The van der Waals surface area contributed by atoms with Crippen LogP contribution in [0.25, 0.3) is 0 Å². The zero-order valence-corrected chi connectivity index (χ0v) is 9.80. The van der Waals surface area contributed by atoms with Gasteiger partial charge in [0.25, 0.3) is 0 Å². The van der Waals surface area contributed by atoms with Gasteiger partial charge in [0.15, 0.2) is 0 Å². The van der Waals surface area contributed by atoms with Gasteiger partial charge in [-0.25, -0.2) is 4.79 Å². The smallest absolute Gasteiger partial charge is 0.330 e. The van der Waals surface area contributed by atoms with E-state index in [1.54, 1.807) is 31.2 Å². The minimum Gasteiger partial charge on any atom is -0.454 e. The summed E-state index contributed by atoms with van der Waals surface area (Å²) in [5.74, 6) is -0.542. The molecule has 1 unspecified atom stereocenters. The van der Waals surface area contributed by atoms with Gasteiger partial charge in [-0.1, -0.05) is 24.8 Å². The Labute approximate surface area is 99.8 Å². The fraction of sp³-hybridized carbons (Fsp3) is 0.231. The summed E-state index contributed by atoms with van der Waals surface area (Å²) in [5, 5.41) is 0. The molecule has 1 atom stereocenters. The standard InChI is InChI=1S/C13H14O4/c1-4-13(15)16-9(2)11-7-5-6-8-12(11)17-10(3)14/h4-9H,1H2,2-3H3. The van der Waals surface area contributed by atoms with Crippen LogP contribution in [0.1, 0.15) is 25.5 Å². The third-order valence-corrected chi connectivity index (χ3v) is 2.07. The van der Waals surface area contributed by atoms with E-state index >= 15 is 0 Å². The van der Waals surface area contributed by atoms with Crippen LogP contribution in [0.3, 0.4) is 0 Å². The van der Waals surface area contributed by atoms with E-state index in [1.807, 2.05) is 0 Å². The topological polar surface area (TPSA) is 52.6 Å². The second-order valence-corrected chi connectivity index (χ2v) is 3.41. The van der Waals surface area contributed by atoms with Gasteiger partial charge in [-0.2, -0.15) is 0 Å². The molecule has 1 aromatic rings. The summed E-state index contributed by atoms with van der Waals surface area (Å²) >= 11 is 0. The van der Waals surface area contributed by atoms with Gasteiger partial charge in [0, 0.05) is 18.6 Å². The van der Waals surface area contributed by atoms with Gasteiger partial charge in [0.2, 0.25) is 0 Å². The van der Waals surface area contributed by atoms with Crippen molar-refractivity contribution in [2.24, 2.45) is 0 Å². The first-order valence-corrected chi connectivity index (χ1v) is 5.15. The molecule has 0 aliphatic heterocycles. The Kier molecular flexibility index (Phi) is 4.46. The Hall–Kier alpha value is -2.10. The van der Waals surface area contributed by atoms with Gasteiger partial charge in [0.1, 0.15) is 11.9 Å². The number of carbonyl (C=O) groups excluding carboxylic acids is 2. The molecular formula is C13H14O4.